The van der Waals surface area contributed by atoms with Gasteiger partial charge in [0.25, 0.3) is 5.56 Å². The molecule has 1 saturated heterocycles. The minimum Gasteiger partial charge on any atom is -0.361 e. The van der Waals surface area contributed by atoms with Gasteiger partial charge in [0.05, 0.1) is 17.9 Å². The van der Waals surface area contributed by atoms with E-state index in [1.165, 1.54) is 12.8 Å². The number of likely N-dealkylation sites (tertiary alicyclic amines) is 1. The molecule has 1 aliphatic carbocycles. The van der Waals surface area contributed by atoms with Crippen molar-refractivity contribution in [3.05, 3.63) is 45.7 Å². The molecule has 0 N–H and O–H groups in total. The highest BCUT2D eigenvalue weighted by atomic mass is 16.5. The van der Waals surface area contributed by atoms with Crippen molar-refractivity contribution >= 4 is 0 Å². The average molecular weight is 314 g/mol. The largest absolute Gasteiger partial charge is 0.361 e. The zero-order chi connectivity index (χ0) is 15.8. The molecule has 1 unspecified atom stereocenters. The number of rotatable bonds is 5. The fraction of sp³-hybridized carbons (Fsp3) is 0.588. The fourth-order valence-electron chi connectivity index (χ4n) is 3.40. The van der Waals surface area contributed by atoms with Crippen molar-refractivity contribution in [3.63, 3.8) is 0 Å². The highest BCUT2D eigenvalue weighted by Crippen LogP contribution is 2.38. The predicted octanol–water partition coefficient (Wildman–Crippen LogP) is 2.08. The first-order valence-electron chi connectivity index (χ1n) is 8.43. The van der Waals surface area contributed by atoms with Gasteiger partial charge in [0, 0.05) is 30.6 Å². The molecule has 0 spiro atoms. The molecule has 0 aromatic carbocycles. The summed E-state index contributed by atoms with van der Waals surface area (Å²) in [6, 6.07) is 5.88. The highest BCUT2D eigenvalue weighted by molar-refractivity contribution is 5.12. The second-order valence-corrected chi connectivity index (χ2v) is 6.75. The normalized spacial score (nSPS) is 21.9. The molecule has 1 aliphatic heterocycles. The number of hydrogen-bond acceptors (Lipinski definition) is 5. The second kappa shape index (κ2) is 5.92. The molecule has 4 rings (SSSR count). The Balaban J connectivity index is 1.48. The lowest BCUT2D eigenvalue weighted by Gasteiger charge is -2.23. The van der Waals surface area contributed by atoms with Crippen LogP contribution in [0.1, 0.15) is 48.7 Å². The van der Waals surface area contributed by atoms with E-state index in [1.54, 1.807) is 10.7 Å². The Morgan fingerprint density at radius 1 is 1.30 bits per heavy atom. The van der Waals surface area contributed by atoms with Crippen LogP contribution in [-0.2, 0) is 13.1 Å². The molecule has 1 atom stereocenters. The number of aryl methyl sites for hydroxylation is 1. The molecule has 2 fully saturated rings. The molecule has 2 aliphatic rings. The van der Waals surface area contributed by atoms with E-state index in [4.69, 9.17) is 4.52 Å². The Bertz CT molecular complexity index is 747. The zero-order valence-corrected chi connectivity index (χ0v) is 13.4. The highest BCUT2D eigenvalue weighted by Gasteiger charge is 2.28. The molecule has 1 saturated carbocycles. The Morgan fingerprint density at radius 2 is 2.17 bits per heavy atom. The van der Waals surface area contributed by atoms with E-state index in [9.17, 15) is 4.79 Å². The van der Waals surface area contributed by atoms with Gasteiger partial charge in [0.1, 0.15) is 5.76 Å². The van der Waals surface area contributed by atoms with Crippen LogP contribution < -0.4 is 5.56 Å². The van der Waals surface area contributed by atoms with Crippen LogP contribution in [-0.4, -0.2) is 32.4 Å². The first-order chi connectivity index (χ1) is 11.2. The summed E-state index contributed by atoms with van der Waals surface area (Å²) < 4.78 is 6.81. The molecule has 3 heterocycles. The van der Waals surface area contributed by atoms with Gasteiger partial charge < -0.3 is 4.52 Å². The second-order valence-electron chi connectivity index (χ2n) is 6.75. The summed E-state index contributed by atoms with van der Waals surface area (Å²) in [6.07, 6.45) is 4.65. The van der Waals surface area contributed by atoms with Gasteiger partial charge in [-0.05, 0) is 45.2 Å². The van der Waals surface area contributed by atoms with E-state index < -0.39 is 0 Å². The van der Waals surface area contributed by atoms with Crippen LogP contribution in [0.2, 0.25) is 0 Å². The van der Waals surface area contributed by atoms with Crippen LogP contribution >= 0.6 is 0 Å². The Labute approximate surface area is 135 Å². The minimum atomic E-state index is -0.00136. The van der Waals surface area contributed by atoms with E-state index in [0.717, 1.165) is 43.1 Å². The van der Waals surface area contributed by atoms with Gasteiger partial charge in [-0.1, -0.05) is 5.16 Å². The number of hydrogen-bond donors (Lipinski definition) is 0. The van der Waals surface area contributed by atoms with Crippen molar-refractivity contribution in [2.45, 2.75) is 57.7 Å². The monoisotopic (exact) mass is 314 g/mol. The number of aromatic nitrogens is 3. The SMILES string of the molecule is Cc1cc(CN2CCCC2Cn2nc(C3CC3)ccc2=O)no1. The number of nitrogens with zero attached hydrogens (tertiary/aromatic N) is 4. The maximum absolute atomic E-state index is 12.1. The minimum absolute atomic E-state index is 0.00136. The van der Waals surface area contributed by atoms with Crippen LogP contribution in [0.4, 0.5) is 0 Å². The molecule has 6 nitrogen and oxygen atoms in total. The molecule has 2 aromatic heterocycles. The van der Waals surface area contributed by atoms with Crippen molar-refractivity contribution in [3.8, 4) is 0 Å². The third-order valence-electron chi connectivity index (χ3n) is 4.81. The lowest BCUT2D eigenvalue weighted by molar-refractivity contribution is 0.210. The smallest absolute Gasteiger partial charge is 0.266 e. The summed E-state index contributed by atoms with van der Waals surface area (Å²) in [5.74, 6) is 1.41. The lowest BCUT2D eigenvalue weighted by atomic mass is 10.2. The molecule has 0 radical (unpaired) electrons. The van der Waals surface area contributed by atoms with Crippen molar-refractivity contribution in [2.75, 3.05) is 6.54 Å². The van der Waals surface area contributed by atoms with Crippen molar-refractivity contribution in [1.29, 1.82) is 0 Å². The Kier molecular flexibility index (Phi) is 3.77. The summed E-state index contributed by atoms with van der Waals surface area (Å²) in [6.45, 7) is 4.38. The average Bonchev–Trinajstić information content (AvgIpc) is 3.18. The summed E-state index contributed by atoms with van der Waals surface area (Å²) in [5, 5.41) is 8.67. The topological polar surface area (TPSA) is 64.2 Å². The van der Waals surface area contributed by atoms with Crippen LogP contribution in [0.25, 0.3) is 0 Å². The summed E-state index contributed by atoms with van der Waals surface area (Å²) in [7, 11) is 0. The van der Waals surface area contributed by atoms with Crippen molar-refractivity contribution in [2.24, 2.45) is 0 Å². The molecule has 122 valence electrons. The maximum Gasteiger partial charge on any atom is 0.266 e. The van der Waals surface area contributed by atoms with Gasteiger partial charge in [-0.3, -0.25) is 9.69 Å². The molecule has 0 bridgehead atoms. The summed E-state index contributed by atoms with van der Waals surface area (Å²) in [5.41, 5.74) is 2.03. The van der Waals surface area contributed by atoms with Crippen LogP contribution in [0.5, 0.6) is 0 Å². The molecular formula is C17H22N4O2. The van der Waals surface area contributed by atoms with Crippen LogP contribution in [0.15, 0.2) is 27.5 Å². The van der Waals surface area contributed by atoms with Gasteiger partial charge in [-0.25, -0.2) is 4.68 Å². The van der Waals surface area contributed by atoms with E-state index in [1.807, 2.05) is 19.1 Å². The standard InChI is InChI=1S/C17H22N4O2/c1-12-9-14(19-23-12)10-20-8-2-3-15(20)11-21-17(22)7-6-16(18-21)13-4-5-13/h6-7,9,13,15H,2-5,8,10-11H2,1H3. The molecule has 6 heteroatoms. The first kappa shape index (κ1) is 14.6. The van der Waals surface area contributed by atoms with Crippen molar-refractivity contribution in [1.82, 2.24) is 19.8 Å². The van der Waals surface area contributed by atoms with Gasteiger partial charge in [-0.2, -0.15) is 5.10 Å². The van der Waals surface area contributed by atoms with Gasteiger partial charge in [-0.15, -0.1) is 0 Å². The first-order valence-corrected chi connectivity index (χ1v) is 8.43. The van der Waals surface area contributed by atoms with Gasteiger partial charge in [0.2, 0.25) is 0 Å². The Morgan fingerprint density at radius 3 is 2.91 bits per heavy atom. The fourth-order valence-corrected chi connectivity index (χ4v) is 3.40. The maximum atomic E-state index is 12.1. The molecular weight excluding hydrogens is 292 g/mol. The summed E-state index contributed by atoms with van der Waals surface area (Å²) >= 11 is 0. The summed E-state index contributed by atoms with van der Waals surface area (Å²) in [4.78, 5) is 14.5. The van der Waals surface area contributed by atoms with E-state index in [0.29, 0.717) is 18.5 Å². The lowest BCUT2D eigenvalue weighted by Crippen LogP contribution is -2.36. The molecule has 23 heavy (non-hydrogen) atoms. The van der Waals surface area contributed by atoms with E-state index in [2.05, 4.69) is 15.2 Å². The van der Waals surface area contributed by atoms with Crippen LogP contribution in [0.3, 0.4) is 0 Å². The Hall–Kier alpha value is -1.95. The molecule has 2 aromatic rings. The van der Waals surface area contributed by atoms with E-state index >= 15 is 0 Å². The third kappa shape index (κ3) is 3.22. The van der Waals surface area contributed by atoms with Gasteiger partial charge in [0.15, 0.2) is 0 Å². The quantitative estimate of drug-likeness (QED) is 0.845. The van der Waals surface area contributed by atoms with Crippen LogP contribution in [0, 0.1) is 6.92 Å². The van der Waals surface area contributed by atoms with Gasteiger partial charge >= 0.3 is 0 Å². The zero-order valence-electron chi connectivity index (χ0n) is 13.4. The predicted molar refractivity (Wildman–Crippen MR) is 85.1 cm³/mol. The van der Waals surface area contributed by atoms with E-state index in [-0.39, 0.29) is 5.56 Å². The van der Waals surface area contributed by atoms with Crippen molar-refractivity contribution < 1.29 is 4.52 Å². The third-order valence-corrected chi connectivity index (χ3v) is 4.81. The molecule has 0 amide bonds.